The highest BCUT2D eigenvalue weighted by Crippen LogP contribution is 2.35. The number of ether oxygens (including phenoxy) is 2. The standard InChI is InChI=1S/C26H26N2O4/c1-4-23(26(29)30)31-21-8-5-7-19(15-21)16-28-18(3)24(22-9-6-14-27-25(22)28)32-20-12-10-17(2)11-13-20/h5-15,23H,4,16H2,1-3H3,(H,29,30)/t23-/m1/s1. The highest BCUT2D eigenvalue weighted by molar-refractivity contribution is 5.86. The molecule has 0 saturated carbocycles. The first kappa shape index (κ1) is 21.4. The minimum atomic E-state index is -0.966. The third kappa shape index (κ3) is 4.44. The molecule has 0 fully saturated rings. The summed E-state index contributed by atoms with van der Waals surface area (Å²) in [6.07, 6.45) is 1.30. The van der Waals surface area contributed by atoms with Crippen molar-refractivity contribution in [1.29, 1.82) is 0 Å². The second kappa shape index (κ2) is 9.14. The van der Waals surface area contributed by atoms with Gasteiger partial charge < -0.3 is 19.1 Å². The van der Waals surface area contributed by atoms with E-state index in [9.17, 15) is 9.90 Å². The summed E-state index contributed by atoms with van der Waals surface area (Å²) < 4.78 is 14.0. The number of hydrogen-bond acceptors (Lipinski definition) is 4. The van der Waals surface area contributed by atoms with Crippen molar-refractivity contribution in [3.8, 4) is 17.2 Å². The molecule has 1 N–H and O–H groups in total. The molecule has 4 aromatic rings. The first-order valence-corrected chi connectivity index (χ1v) is 10.6. The van der Waals surface area contributed by atoms with Gasteiger partial charge in [0.2, 0.25) is 0 Å². The predicted octanol–water partition coefficient (Wildman–Crippen LogP) is 5.74. The van der Waals surface area contributed by atoms with Gasteiger partial charge in [-0.15, -0.1) is 0 Å². The van der Waals surface area contributed by atoms with Crippen LogP contribution < -0.4 is 9.47 Å². The van der Waals surface area contributed by atoms with E-state index >= 15 is 0 Å². The Morgan fingerprint density at radius 2 is 1.84 bits per heavy atom. The van der Waals surface area contributed by atoms with Crippen LogP contribution in [0, 0.1) is 13.8 Å². The predicted molar refractivity (Wildman–Crippen MR) is 124 cm³/mol. The van der Waals surface area contributed by atoms with Gasteiger partial charge in [0.1, 0.15) is 17.1 Å². The van der Waals surface area contributed by atoms with Gasteiger partial charge >= 0.3 is 5.97 Å². The summed E-state index contributed by atoms with van der Waals surface area (Å²) >= 11 is 0. The van der Waals surface area contributed by atoms with Crippen molar-refractivity contribution >= 4 is 17.0 Å². The lowest BCUT2D eigenvalue weighted by Gasteiger charge is -2.14. The molecule has 0 aliphatic rings. The van der Waals surface area contributed by atoms with E-state index in [0.29, 0.717) is 18.7 Å². The smallest absolute Gasteiger partial charge is 0.344 e. The Kier molecular flexibility index (Phi) is 6.12. The molecule has 0 unspecified atom stereocenters. The molecule has 0 amide bonds. The Balaban J connectivity index is 1.67. The Hall–Kier alpha value is -3.80. The number of nitrogens with zero attached hydrogens (tertiary/aromatic N) is 2. The molecule has 0 aliphatic heterocycles. The number of aromatic nitrogens is 2. The van der Waals surface area contributed by atoms with Crippen LogP contribution in [0.2, 0.25) is 0 Å². The lowest BCUT2D eigenvalue weighted by Crippen LogP contribution is -2.25. The third-order valence-corrected chi connectivity index (χ3v) is 5.43. The molecule has 0 bridgehead atoms. The molecule has 1 atom stereocenters. The summed E-state index contributed by atoms with van der Waals surface area (Å²) in [6.45, 7) is 6.40. The first-order valence-electron chi connectivity index (χ1n) is 10.6. The van der Waals surface area contributed by atoms with Crippen LogP contribution in [-0.2, 0) is 11.3 Å². The van der Waals surface area contributed by atoms with Crippen LogP contribution in [0.5, 0.6) is 17.2 Å². The molecule has 0 saturated heterocycles. The molecule has 4 rings (SSSR count). The average molecular weight is 431 g/mol. The zero-order valence-corrected chi connectivity index (χ0v) is 18.4. The van der Waals surface area contributed by atoms with Crippen molar-refractivity contribution in [2.45, 2.75) is 39.8 Å². The van der Waals surface area contributed by atoms with E-state index in [2.05, 4.69) is 9.55 Å². The number of carboxylic acids is 1. The number of carbonyl (C=O) groups is 1. The normalized spacial score (nSPS) is 12.0. The topological polar surface area (TPSA) is 73.6 Å². The Morgan fingerprint density at radius 3 is 2.56 bits per heavy atom. The number of benzene rings is 2. The zero-order chi connectivity index (χ0) is 22.7. The van der Waals surface area contributed by atoms with Crippen molar-refractivity contribution in [1.82, 2.24) is 9.55 Å². The molecule has 0 radical (unpaired) electrons. The minimum absolute atomic E-state index is 0.393. The van der Waals surface area contributed by atoms with E-state index in [-0.39, 0.29) is 0 Å². The van der Waals surface area contributed by atoms with Crippen LogP contribution in [-0.4, -0.2) is 26.7 Å². The summed E-state index contributed by atoms with van der Waals surface area (Å²) in [7, 11) is 0. The van der Waals surface area contributed by atoms with E-state index in [4.69, 9.17) is 9.47 Å². The average Bonchev–Trinajstić information content (AvgIpc) is 3.05. The highest BCUT2D eigenvalue weighted by Gasteiger charge is 2.19. The molecule has 2 heterocycles. The van der Waals surface area contributed by atoms with Crippen molar-refractivity contribution in [3.05, 3.63) is 83.7 Å². The van der Waals surface area contributed by atoms with Gasteiger partial charge in [0, 0.05) is 12.7 Å². The number of hydrogen-bond donors (Lipinski definition) is 1. The van der Waals surface area contributed by atoms with Crippen LogP contribution in [0.15, 0.2) is 66.9 Å². The van der Waals surface area contributed by atoms with Crippen LogP contribution in [0.4, 0.5) is 0 Å². The molecule has 32 heavy (non-hydrogen) atoms. The zero-order valence-electron chi connectivity index (χ0n) is 18.4. The monoisotopic (exact) mass is 430 g/mol. The first-order chi connectivity index (χ1) is 15.5. The molecule has 0 spiro atoms. The quantitative estimate of drug-likeness (QED) is 0.386. The van der Waals surface area contributed by atoms with Gasteiger partial charge in [0.15, 0.2) is 11.9 Å². The molecular weight excluding hydrogens is 404 g/mol. The van der Waals surface area contributed by atoms with Crippen molar-refractivity contribution in [2.24, 2.45) is 0 Å². The summed E-state index contributed by atoms with van der Waals surface area (Å²) in [5.74, 6) is 1.12. The van der Waals surface area contributed by atoms with E-state index in [1.807, 2.05) is 68.4 Å². The van der Waals surface area contributed by atoms with Gasteiger partial charge in [-0.3, -0.25) is 0 Å². The largest absolute Gasteiger partial charge is 0.479 e. The maximum absolute atomic E-state index is 11.3. The summed E-state index contributed by atoms with van der Waals surface area (Å²) in [5.41, 5.74) is 3.95. The SMILES string of the molecule is CC[C@@H](Oc1cccc(Cn2c(C)c(Oc3ccc(C)cc3)c3cccnc32)c1)C(=O)O. The van der Waals surface area contributed by atoms with E-state index in [1.54, 1.807) is 19.2 Å². The van der Waals surface area contributed by atoms with E-state index in [0.717, 1.165) is 33.8 Å². The number of pyridine rings is 1. The second-order valence-electron chi connectivity index (χ2n) is 7.79. The summed E-state index contributed by atoms with van der Waals surface area (Å²) in [6, 6.07) is 19.4. The highest BCUT2D eigenvalue weighted by atomic mass is 16.5. The Labute approximate surface area is 187 Å². The van der Waals surface area contributed by atoms with Gasteiger partial charge in [-0.25, -0.2) is 9.78 Å². The molecular formula is C26H26N2O4. The fourth-order valence-electron chi connectivity index (χ4n) is 3.68. The van der Waals surface area contributed by atoms with Crippen molar-refractivity contribution in [3.63, 3.8) is 0 Å². The number of aryl methyl sites for hydroxylation is 1. The van der Waals surface area contributed by atoms with Gasteiger partial charge in [-0.2, -0.15) is 0 Å². The van der Waals surface area contributed by atoms with Gasteiger partial charge in [-0.05, 0) is 62.2 Å². The Morgan fingerprint density at radius 1 is 1.06 bits per heavy atom. The molecule has 0 aliphatic carbocycles. The van der Waals surface area contributed by atoms with Crippen LogP contribution in [0.3, 0.4) is 0 Å². The number of carboxylic acid groups (broad SMARTS) is 1. The van der Waals surface area contributed by atoms with Gasteiger partial charge in [0.25, 0.3) is 0 Å². The Bertz CT molecular complexity index is 1240. The second-order valence-corrected chi connectivity index (χ2v) is 7.79. The van der Waals surface area contributed by atoms with Crippen LogP contribution in [0.25, 0.3) is 11.0 Å². The maximum Gasteiger partial charge on any atom is 0.344 e. The van der Waals surface area contributed by atoms with Crippen LogP contribution >= 0.6 is 0 Å². The summed E-state index contributed by atoms with van der Waals surface area (Å²) in [4.78, 5) is 15.9. The fraction of sp³-hybridized carbons (Fsp3) is 0.231. The number of rotatable bonds is 8. The van der Waals surface area contributed by atoms with Gasteiger partial charge in [-0.1, -0.05) is 36.8 Å². The molecule has 2 aromatic carbocycles. The number of fused-ring (bicyclic) bond motifs is 1. The molecule has 2 aromatic heterocycles. The number of aliphatic carboxylic acids is 1. The van der Waals surface area contributed by atoms with E-state index in [1.165, 1.54) is 5.56 Å². The third-order valence-electron chi connectivity index (χ3n) is 5.43. The van der Waals surface area contributed by atoms with Crippen molar-refractivity contribution in [2.75, 3.05) is 0 Å². The van der Waals surface area contributed by atoms with Crippen LogP contribution in [0.1, 0.15) is 30.2 Å². The minimum Gasteiger partial charge on any atom is -0.479 e. The summed E-state index contributed by atoms with van der Waals surface area (Å²) in [5, 5.41) is 10.2. The molecule has 6 heteroatoms. The van der Waals surface area contributed by atoms with Gasteiger partial charge in [0.05, 0.1) is 11.1 Å². The maximum atomic E-state index is 11.3. The van der Waals surface area contributed by atoms with Crippen molar-refractivity contribution < 1.29 is 19.4 Å². The van der Waals surface area contributed by atoms with E-state index < -0.39 is 12.1 Å². The molecule has 6 nitrogen and oxygen atoms in total. The fourth-order valence-corrected chi connectivity index (χ4v) is 3.68. The molecule has 164 valence electrons. The lowest BCUT2D eigenvalue weighted by molar-refractivity contribution is -0.145. The lowest BCUT2D eigenvalue weighted by atomic mass is 10.2.